The van der Waals surface area contributed by atoms with E-state index < -0.39 is 0 Å². The molecule has 2 saturated heterocycles. The highest BCUT2D eigenvalue weighted by Gasteiger charge is 2.36. The molecule has 2 aromatic rings. The van der Waals surface area contributed by atoms with E-state index in [2.05, 4.69) is 28.5 Å². The van der Waals surface area contributed by atoms with E-state index >= 15 is 0 Å². The van der Waals surface area contributed by atoms with Crippen molar-refractivity contribution in [2.75, 3.05) is 50.7 Å². The molecule has 7 heteroatoms. The zero-order valence-corrected chi connectivity index (χ0v) is 20.4. The minimum Gasteiger partial charge on any atom is -0.318 e. The van der Waals surface area contributed by atoms with Crippen LogP contribution in [0.3, 0.4) is 0 Å². The number of para-hydroxylation sites is 1. The van der Waals surface area contributed by atoms with Crippen molar-refractivity contribution in [3.8, 4) is 0 Å². The molecule has 2 heterocycles. The molecule has 1 atom stereocenters. The minimum atomic E-state index is 0.133. The smallest absolute Gasteiger partial charge is 0.318 e. The van der Waals surface area contributed by atoms with Gasteiger partial charge in [-0.25, -0.2) is 4.79 Å². The molecule has 0 aliphatic carbocycles. The second-order valence-corrected chi connectivity index (χ2v) is 9.91. The number of anilines is 1. The number of benzene rings is 2. The van der Waals surface area contributed by atoms with E-state index in [0.717, 1.165) is 58.0 Å². The first kappa shape index (κ1) is 23.4. The Morgan fingerprint density at radius 2 is 1.53 bits per heavy atom. The largest absolute Gasteiger partial charge is 0.324 e. The SMILES string of the molecule is CC(C)C(CN1CCN(Cc2ccc(Cl)c(Cl)c2)CC1)N1CCN(c2ccccc2)C1=O. The number of carbonyl (C=O) groups is 1. The monoisotopic (exact) mass is 474 g/mol. The fraction of sp³-hybridized carbons (Fsp3) is 0.480. The average molecular weight is 475 g/mol. The Hall–Kier alpha value is -1.79. The van der Waals surface area contributed by atoms with Crippen LogP contribution in [0.4, 0.5) is 10.5 Å². The van der Waals surface area contributed by atoms with Crippen LogP contribution in [-0.2, 0) is 6.54 Å². The quantitative estimate of drug-likeness (QED) is 0.560. The highest BCUT2D eigenvalue weighted by atomic mass is 35.5. The standard InChI is InChI=1S/C25H32Cl2N4O/c1-19(2)24(31-15-14-30(25(31)32)21-6-4-3-5-7-21)18-29-12-10-28(11-13-29)17-20-8-9-22(26)23(27)16-20/h3-9,16,19,24H,10-15,17-18H2,1-2H3. The summed E-state index contributed by atoms with van der Waals surface area (Å²) in [5, 5.41) is 1.21. The van der Waals surface area contributed by atoms with Crippen LogP contribution >= 0.6 is 23.2 Å². The second kappa shape index (κ2) is 10.4. The number of halogens is 2. The third kappa shape index (κ3) is 5.40. The molecule has 5 nitrogen and oxygen atoms in total. The van der Waals surface area contributed by atoms with Gasteiger partial charge in [0.05, 0.1) is 10.0 Å². The van der Waals surface area contributed by atoms with Gasteiger partial charge in [-0.3, -0.25) is 14.7 Å². The molecule has 2 amide bonds. The first-order valence-electron chi connectivity index (χ1n) is 11.4. The van der Waals surface area contributed by atoms with Crippen LogP contribution in [0.1, 0.15) is 19.4 Å². The summed E-state index contributed by atoms with van der Waals surface area (Å²) in [5.74, 6) is 0.406. The summed E-state index contributed by atoms with van der Waals surface area (Å²) in [4.78, 5) is 22.2. The first-order chi connectivity index (χ1) is 15.4. The van der Waals surface area contributed by atoms with Crippen molar-refractivity contribution in [1.82, 2.24) is 14.7 Å². The van der Waals surface area contributed by atoms with E-state index in [1.54, 1.807) is 0 Å². The van der Waals surface area contributed by atoms with Crippen molar-refractivity contribution in [3.05, 3.63) is 64.1 Å². The number of carbonyl (C=O) groups excluding carboxylic acids is 1. The second-order valence-electron chi connectivity index (χ2n) is 9.10. The Morgan fingerprint density at radius 3 is 2.19 bits per heavy atom. The van der Waals surface area contributed by atoms with Gasteiger partial charge in [0.1, 0.15) is 0 Å². The number of piperazine rings is 1. The van der Waals surface area contributed by atoms with E-state index in [-0.39, 0.29) is 12.1 Å². The third-order valence-corrected chi connectivity index (χ3v) is 7.32. The van der Waals surface area contributed by atoms with Crippen LogP contribution in [0.25, 0.3) is 0 Å². The lowest BCUT2D eigenvalue weighted by molar-refractivity contribution is 0.0884. The van der Waals surface area contributed by atoms with Gasteiger partial charge in [-0.05, 0) is 35.7 Å². The van der Waals surface area contributed by atoms with Gasteiger partial charge in [-0.2, -0.15) is 0 Å². The molecule has 4 rings (SSSR count). The first-order valence-corrected chi connectivity index (χ1v) is 12.2. The van der Waals surface area contributed by atoms with Crippen molar-refractivity contribution in [1.29, 1.82) is 0 Å². The molecule has 2 aliphatic rings. The zero-order valence-electron chi connectivity index (χ0n) is 18.9. The van der Waals surface area contributed by atoms with Crippen LogP contribution in [0.5, 0.6) is 0 Å². The molecule has 0 saturated carbocycles. The van der Waals surface area contributed by atoms with Crippen LogP contribution < -0.4 is 4.90 Å². The molecule has 0 radical (unpaired) electrons. The molecule has 2 aromatic carbocycles. The fourth-order valence-corrected chi connectivity index (χ4v) is 4.99. The highest BCUT2D eigenvalue weighted by Crippen LogP contribution is 2.26. The van der Waals surface area contributed by atoms with Crippen LogP contribution in [0.15, 0.2) is 48.5 Å². The number of hydrogen-bond donors (Lipinski definition) is 0. The van der Waals surface area contributed by atoms with Gasteiger partial charge in [-0.15, -0.1) is 0 Å². The predicted molar refractivity (Wildman–Crippen MR) is 133 cm³/mol. The molecule has 2 aliphatic heterocycles. The van der Waals surface area contributed by atoms with Crippen LogP contribution in [0, 0.1) is 5.92 Å². The van der Waals surface area contributed by atoms with Gasteiger partial charge < -0.3 is 4.90 Å². The molecule has 32 heavy (non-hydrogen) atoms. The van der Waals surface area contributed by atoms with Gasteiger partial charge in [0.25, 0.3) is 0 Å². The van der Waals surface area contributed by atoms with E-state index in [4.69, 9.17) is 23.2 Å². The Morgan fingerprint density at radius 1 is 0.844 bits per heavy atom. The lowest BCUT2D eigenvalue weighted by atomic mass is 10.0. The third-order valence-electron chi connectivity index (χ3n) is 6.58. The zero-order chi connectivity index (χ0) is 22.7. The van der Waals surface area contributed by atoms with Crippen molar-refractivity contribution in [3.63, 3.8) is 0 Å². The van der Waals surface area contributed by atoms with Gasteiger partial charge in [0.2, 0.25) is 0 Å². The maximum Gasteiger partial charge on any atom is 0.324 e. The van der Waals surface area contributed by atoms with Crippen molar-refractivity contribution in [2.24, 2.45) is 5.92 Å². The molecule has 0 aromatic heterocycles. The number of hydrogen-bond acceptors (Lipinski definition) is 3. The van der Waals surface area contributed by atoms with Crippen LogP contribution in [-0.4, -0.2) is 72.6 Å². The molecule has 172 valence electrons. The molecular weight excluding hydrogens is 443 g/mol. The highest BCUT2D eigenvalue weighted by molar-refractivity contribution is 6.42. The number of urea groups is 1. The maximum absolute atomic E-state index is 13.2. The Bertz CT molecular complexity index is 915. The van der Waals surface area contributed by atoms with Gasteiger partial charge in [-0.1, -0.05) is 61.3 Å². The summed E-state index contributed by atoms with van der Waals surface area (Å²) in [6.07, 6.45) is 0. The Labute approximate surface area is 201 Å². The molecule has 1 unspecified atom stereocenters. The Balaban J connectivity index is 1.32. The summed E-state index contributed by atoms with van der Waals surface area (Å²) in [6.45, 7) is 11.8. The van der Waals surface area contributed by atoms with Crippen molar-refractivity contribution >= 4 is 34.9 Å². The molecule has 0 bridgehead atoms. The lowest BCUT2D eigenvalue weighted by Gasteiger charge is -2.39. The number of nitrogens with zero attached hydrogens (tertiary/aromatic N) is 4. The molecule has 2 fully saturated rings. The van der Waals surface area contributed by atoms with Gasteiger partial charge in [0.15, 0.2) is 0 Å². The number of rotatable bonds is 7. The van der Waals surface area contributed by atoms with Gasteiger partial charge >= 0.3 is 6.03 Å². The van der Waals surface area contributed by atoms with Gasteiger partial charge in [0, 0.05) is 64.1 Å². The lowest BCUT2D eigenvalue weighted by Crippen LogP contribution is -2.53. The van der Waals surface area contributed by atoms with E-state index in [9.17, 15) is 4.79 Å². The van der Waals surface area contributed by atoms with Crippen molar-refractivity contribution in [2.45, 2.75) is 26.4 Å². The van der Waals surface area contributed by atoms with E-state index in [1.165, 1.54) is 5.56 Å². The fourth-order valence-electron chi connectivity index (χ4n) is 4.67. The topological polar surface area (TPSA) is 30.0 Å². The van der Waals surface area contributed by atoms with E-state index in [0.29, 0.717) is 16.0 Å². The summed E-state index contributed by atoms with van der Waals surface area (Å²) in [6, 6.07) is 16.2. The summed E-state index contributed by atoms with van der Waals surface area (Å²) in [7, 11) is 0. The predicted octanol–water partition coefficient (Wildman–Crippen LogP) is 5.08. The summed E-state index contributed by atoms with van der Waals surface area (Å²) < 4.78 is 0. The van der Waals surface area contributed by atoms with Crippen LogP contribution in [0.2, 0.25) is 10.0 Å². The maximum atomic E-state index is 13.2. The molecular formula is C25H32Cl2N4O. The molecule has 0 spiro atoms. The molecule has 0 N–H and O–H groups in total. The van der Waals surface area contributed by atoms with E-state index in [1.807, 2.05) is 53.4 Å². The number of amides is 2. The Kier molecular flexibility index (Phi) is 7.62. The average Bonchev–Trinajstić information content (AvgIpc) is 3.17. The summed E-state index contributed by atoms with van der Waals surface area (Å²) >= 11 is 12.2. The summed E-state index contributed by atoms with van der Waals surface area (Å²) in [5.41, 5.74) is 2.18. The minimum absolute atomic E-state index is 0.133. The normalized spacial score (nSPS) is 19.2. The van der Waals surface area contributed by atoms with Crippen molar-refractivity contribution < 1.29 is 4.79 Å².